The lowest BCUT2D eigenvalue weighted by molar-refractivity contribution is -0.137. The van der Waals surface area contributed by atoms with Crippen molar-refractivity contribution in [3.05, 3.63) is 33.7 Å². The van der Waals surface area contributed by atoms with Crippen molar-refractivity contribution in [3.8, 4) is 0 Å². The standard InChI is InChI=1S/C12H16N2O4/c1-8-6-10(15)9(7-13-8)12(18)14(2)5-3-4-11(16)17/h6-7H,3-5H2,1-2H3,(H,13,15)(H,16,17). The van der Waals surface area contributed by atoms with Crippen LogP contribution in [0.3, 0.4) is 0 Å². The minimum atomic E-state index is -0.899. The molecular weight excluding hydrogens is 236 g/mol. The van der Waals surface area contributed by atoms with E-state index in [4.69, 9.17) is 5.11 Å². The van der Waals surface area contributed by atoms with Crippen LogP contribution in [0.2, 0.25) is 0 Å². The molecule has 0 aliphatic carbocycles. The third-order valence-electron chi connectivity index (χ3n) is 2.52. The number of pyridine rings is 1. The number of aryl methyl sites for hydroxylation is 1. The van der Waals surface area contributed by atoms with E-state index in [0.29, 0.717) is 18.7 Å². The van der Waals surface area contributed by atoms with E-state index in [0.717, 1.165) is 0 Å². The van der Waals surface area contributed by atoms with E-state index in [2.05, 4.69) is 4.98 Å². The van der Waals surface area contributed by atoms with Crippen molar-refractivity contribution in [1.29, 1.82) is 0 Å². The molecule has 0 saturated carbocycles. The summed E-state index contributed by atoms with van der Waals surface area (Å²) in [5.74, 6) is -1.30. The van der Waals surface area contributed by atoms with Crippen LogP contribution in [0.25, 0.3) is 0 Å². The molecule has 0 bridgehead atoms. The molecule has 1 heterocycles. The summed E-state index contributed by atoms with van der Waals surface area (Å²) in [6.45, 7) is 2.03. The van der Waals surface area contributed by atoms with Gasteiger partial charge in [0, 0.05) is 38.0 Å². The Hall–Kier alpha value is -2.11. The molecule has 0 saturated heterocycles. The number of aromatic nitrogens is 1. The van der Waals surface area contributed by atoms with E-state index in [1.165, 1.54) is 17.2 Å². The van der Waals surface area contributed by atoms with Crippen molar-refractivity contribution >= 4 is 11.9 Å². The van der Waals surface area contributed by atoms with E-state index in [1.807, 2.05) is 0 Å². The minimum Gasteiger partial charge on any atom is -0.481 e. The van der Waals surface area contributed by atoms with Crippen LogP contribution in [0.15, 0.2) is 17.1 Å². The topological polar surface area (TPSA) is 90.5 Å². The van der Waals surface area contributed by atoms with Crippen molar-refractivity contribution in [2.24, 2.45) is 0 Å². The molecule has 98 valence electrons. The van der Waals surface area contributed by atoms with Crippen molar-refractivity contribution in [2.45, 2.75) is 19.8 Å². The van der Waals surface area contributed by atoms with E-state index in [-0.39, 0.29) is 17.4 Å². The lowest BCUT2D eigenvalue weighted by Crippen LogP contribution is -2.32. The van der Waals surface area contributed by atoms with Crippen molar-refractivity contribution in [2.75, 3.05) is 13.6 Å². The first-order valence-electron chi connectivity index (χ1n) is 5.58. The van der Waals surface area contributed by atoms with Crippen molar-refractivity contribution < 1.29 is 14.7 Å². The molecule has 0 aliphatic heterocycles. The first kappa shape index (κ1) is 14.0. The Kier molecular flexibility index (Phi) is 4.65. The predicted molar refractivity (Wildman–Crippen MR) is 65.6 cm³/mol. The molecule has 1 amide bonds. The number of H-pyrrole nitrogens is 1. The third-order valence-corrected chi connectivity index (χ3v) is 2.52. The number of amides is 1. The highest BCUT2D eigenvalue weighted by molar-refractivity contribution is 5.93. The number of carbonyl (C=O) groups is 2. The highest BCUT2D eigenvalue weighted by Crippen LogP contribution is 2.00. The monoisotopic (exact) mass is 252 g/mol. The molecule has 6 heteroatoms. The minimum absolute atomic E-state index is 0.00186. The van der Waals surface area contributed by atoms with Crippen LogP contribution in [0.5, 0.6) is 0 Å². The highest BCUT2D eigenvalue weighted by atomic mass is 16.4. The number of aliphatic carboxylic acids is 1. The molecule has 6 nitrogen and oxygen atoms in total. The van der Waals surface area contributed by atoms with Crippen LogP contribution >= 0.6 is 0 Å². The quantitative estimate of drug-likeness (QED) is 0.803. The molecule has 0 atom stereocenters. The van der Waals surface area contributed by atoms with Gasteiger partial charge in [-0.25, -0.2) is 0 Å². The lowest BCUT2D eigenvalue weighted by Gasteiger charge is -2.16. The average Bonchev–Trinajstić information content (AvgIpc) is 2.27. The fourth-order valence-corrected chi connectivity index (χ4v) is 1.51. The van der Waals surface area contributed by atoms with Gasteiger partial charge in [-0.15, -0.1) is 0 Å². The second-order valence-electron chi connectivity index (χ2n) is 4.12. The SMILES string of the molecule is Cc1cc(=O)c(C(=O)N(C)CCCC(=O)O)c[nH]1. The Morgan fingerprint density at radius 1 is 1.44 bits per heavy atom. The molecule has 18 heavy (non-hydrogen) atoms. The molecule has 2 N–H and O–H groups in total. The first-order valence-corrected chi connectivity index (χ1v) is 5.58. The summed E-state index contributed by atoms with van der Waals surface area (Å²) < 4.78 is 0. The number of carboxylic acids is 1. The number of carboxylic acid groups (broad SMARTS) is 1. The normalized spacial score (nSPS) is 10.1. The van der Waals surface area contributed by atoms with Crippen LogP contribution < -0.4 is 5.43 Å². The largest absolute Gasteiger partial charge is 0.481 e. The molecule has 1 rings (SSSR count). The summed E-state index contributed by atoms with van der Waals surface area (Å²) in [5.41, 5.74) is 0.421. The van der Waals surface area contributed by atoms with Gasteiger partial charge in [-0.05, 0) is 13.3 Å². The second-order valence-corrected chi connectivity index (χ2v) is 4.12. The highest BCUT2D eigenvalue weighted by Gasteiger charge is 2.15. The molecule has 1 aromatic rings. The molecule has 0 fully saturated rings. The second kappa shape index (κ2) is 6.00. The van der Waals surface area contributed by atoms with E-state index >= 15 is 0 Å². The van der Waals surface area contributed by atoms with Crippen LogP contribution in [-0.4, -0.2) is 40.5 Å². The van der Waals surface area contributed by atoms with Gasteiger partial charge in [0.1, 0.15) is 5.56 Å². The Balaban J connectivity index is 2.68. The van der Waals surface area contributed by atoms with Gasteiger partial charge >= 0.3 is 5.97 Å². The van der Waals surface area contributed by atoms with Gasteiger partial charge in [-0.3, -0.25) is 14.4 Å². The number of hydrogen-bond acceptors (Lipinski definition) is 3. The van der Waals surface area contributed by atoms with Gasteiger partial charge in [-0.1, -0.05) is 0 Å². The van der Waals surface area contributed by atoms with E-state index in [9.17, 15) is 14.4 Å². The molecule has 1 aromatic heterocycles. The Bertz CT molecular complexity index is 507. The third kappa shape index (κ3) is 3.73. The fourth-order valence-electron chi connectivity index (χ4n) is 1.51. The van der Waals surface area contributed by atoms with Gasteiger partial charge in [0.2, 0.25) is 0 Å². The summed E-state index contributed by atoms with van der Waals surface area (Å²) in [6, 6.07) is 1.36. The van der Waals surface area contributed by atoms with E-state index < -0.39 is 11.9 Å². The summed E-state index contributed by atoms with van der Waals surface area (Å²) in [4.78, 5) is 38.0. The maximum absolute atomic E-state index is 11.9. The van der Waals surface area contributed by atoms with Gasteiger partial charge in [-0.2, -0.15) is 0 Å². The molecule has 0 aliphatic rings. The number of rotatable bonds is 5. The average molecular weight is 252 g/mol. The van der Waals surface area contributed by atoms with Crippen molar-refractivity contribution in [1.82, 2.24) is 9.88 Å². The summed E-state index contributed by atoms with van der Waals surface area (Å²) in [7, 11) is 1.55. The number of hydrogen-bond donors (Lipinski definition) is 2. The number of nitrogens with one attached hydrogen (secondary N) is 1. The van der Waals surface area contributed by atoms with Crippen LogP contribution in [-0.2, 0) is 4.79 Å². The number of aromatic amines is 1. The van der Waals surface area contributed by atoms with Gasteiger partial charge in [0.25, 0.3) is 5.91 Å². The van der Waals surface area contributed by atoms with Gasteiger partial charge < -0.3 is 15.0 Å². The number of nitrogens with zero attached hydrogens (tertiary/aromatic N) is 1. The summed E-state index contributed by atoms with van der Waals surface area (Å²) in [5, 5.41) is 8.50. The van der Waals surface area contributed by atoms with Gasteiger partial charge in [0.05, 0.1) is 0 Å². The first-order chi connectivity index (χ1) is 8.41. The molecule has 0 spiro atoms. The fraction of sp³-hybridized carbons (Fsp3) is 0.417. The van der Waals surface area contributed by atoms with Gasteiger partial charge in [0.15, 0.2) is 5.43 Å². The Morgan fingerprint density at radius 3 is 2.67 bits per heavy atom. The van der Waals surface area contributed by atoms with E-state index in [1.54, 1.807) is 14.0 Å². The molecular formula is C12H16N2O4. The molecule has 0 unspecified atom stereocenters. The van der Waals surface area contributed by atoms with Crippen LogP contribution in [0, 0.1) is 6.92 Å². The zero-order valence-electron chi connectivity index (χ0n) is 10.4. The van der Waals surface area contributed by atoms with Crippen molar-refractivity contribution in [3.63, 3.8) is 0 Å². The lowest BCUT2D eigenvalue weighted by atomic mass is 10.2. The maximum Gasteiger partial charge on any atom is 0.303 e. The predicted octanol–water partition coefficient (Wildman–Crippen LogP) is 0.620. The summed E-state index contributed by atoms with van der Waals surface area (Å²) >= 11 is 0. The zero-order chi connectivity index (χ0) is 13.7. The Morgan fingerprint density at radius 2 is 2.11 bits per heavy atom. The van der Waals surface area contributed by atoms with Crippen LogP contribution in [0.1, 0.15) is 28.9 Å². The number of carbonyl (C=O) groups excluding carboxylic acids is 1. The molecule has 0 radical (unpaired) electrons. The zero-order valence-corrected chi connectivity index (χ0v) is 10.4. The smallest absolute Gasteiger partial charge is 0.303 e. The molecule has 0 aromatic carbocycles. The van der Waals surface area contributed by atoms with Crippen LogP contribution in [0.4, 0.5) is 0 Å². The Labute approximate surface area is 104 Å². The summed E-state index contributed by atoms with van der Waals surface area (Å²) in [6.07, 6.45) is 1.75. The maximum atomic E-state index is 11.9.